The number of fused-ring (bicyclic) bond motifs is 1. The van der Waals surface area contributed by atoms with Crippen LogP contribution in [0.4, 0.5) is 0 Å². The van der Waals surface area contributed by atoms with Gasteiger partial charge in [0.15, 0.2) is 20.4 Å². The van der Waals surface area contributed by atoms with Crippen molar-refractivity contribution in [2.75, 3.05) is 13.7 Å². The van der Waals surface area contributed by atoms with Gasteiger partial charge in [-0.1, -0.05) is 20.8 Å². The van der Waals surface area contributed by atoms with Gasteiger partial charge in [-0.05, 0) is 32.0 Å². The molecule has 2 heterocycles. The van der Waals surface area contributed by atoms with Crippen molar-refractivity contribution >= 4 is 8.32 Å². The normalized spacial score (nSPS) is 36.0. The fourth-order valence-corrected chi connectivity index (χ4v) is 3.49. The zero-order valence-electron chi connectivity index (χ0n) is 14.6. The van der Waals surface area contributed by atoms with E-state index in [0.29, 0.717) is 6.61 Å². The van der Waals surface area contributed by atoms with Gasteiger partial charge in [-0.2, -0.15) is 0 Å². The predicted octanol–water partition coefficient (Wildman–Crippen LogP) is 2.90. The van der Waals surface area contributed by atoms with Crippen molar-refractivity contribution in [2.45, 2.75) is 83.1 Å². The highest BCUT2D eigenvalue weighted by atomic mass is 28.4. The van der Waals surface area contributed by atoms with E-state index in [0.717, 1.165) is 0 Å². The van der Waals surface area contributed by atoms with Crippen LogP contribution in [0, 0.1) is 0 Å². The highest BCUT2D eigenvalue weighted by Gasteiger charge is 2.55. The lowest BCUT2D eigenvalue weighted by atomic mass is 10.1. The van der Waals surface area contributed by atoms with Crippen LogP contribution in [0.15, 0.2) is 0 Å². The van der Waals surface area contributed by atoms with Crippen molar-refractivity contribution in [3.63, 3.8) is 0 Å². The number of hydrogen-bond donors (Lipinski definition) is 0. The fourth-order valence-electron chi connectivity index (χ4n) is 2.47. The zero-order chi connectivity index (χ0) is 16.1. The lowest BCUT2D eigenvalue weighted by Crippen LogP contribution is -2.45. The molecule has 0 spiro atoms. The standard InChI is InChI=1S/C15H30O5Si/c1-14(2,3)21(7,8)17-9-10-11(16-6)12-13(18-10)20-15(4,5)19-12/h10-13H,9H2,1-8H3/t10-,11+,12-,13-/m1/s1. The van der Waals surface area contributed by atoms with E-state index in [1.165, 1.54) is 0 Å². The summed E-state index contributed by atoms with van der Waals surface area (Å²) in [6, 6.07) is 0. The molecule has 0 aromatic carbocycles. The predicted molar refractivity (Wildman–Crippen MR) is 82.6 cm³/mol. The van der Waals surface area contributed by atoms with Crippen LogP contribution in [0.2, 0.25) is 18.1 Å². The minimum absolute atomic E-state index is 0.143. The first-order valence-corrected chi connectivity index (χ1v) is 10.6. The minimum Gasteiger partial charge on any atom is -0.414 e. The molecule has 0 radical (unpaired) electrons. The Morgan fingerprint density at radius 2 is 1.76 bits per heavy atom. The largest absolute Gasteiger partial charge is 0.414 e. The average Bonchev–Trinajstić information content (AvgIpc) is 2.76. The number of hydrogen-bond acceptors (Lipinski definition) is 5. The Balaban J connectivity index is 1.97. The van der Waals surface area contributed by atoms with Crippen molar-refractivity contribution in [3.05, 3.63) is 0 Å². The number of ether oxygens (including phenoxy) is 4. The third-order valence-corrected chi connectivity index (χ3v) is 9.27. The summed E-state index contributed by atoms with van der Waals surface area (Å²) in [5, 5.41) is 0.180. The minimum atomic E-state index is -1.80. The van der Waals surface area contributed by atoms with Crippen LogP contribution in [0.25, 0.3) is 0 Å². The maximum Gasteiger partial charge on any atom is 0.192 e. The third-order valence-electron chi connectivity index (χ3n) is 4.77. The molecule has 0 saturated carbocycles. The maximum absolute atomic E-state index is 6.25. The van der Waals surface area contributed by atoms with Crippen LogP contribution in [0.3, 0.4) is 0 Å². The highest BCUT2D eigenvalue weighted by molar-refractivity contribution is 6.74. The Kier molecular flexibility index (Phi) is 4.62. The van der Waals surface area contributed by atoms with Gasteiger partial charge in [-0.25, -0.2) is 0 Å². The molecule has 4 atom stereocenters. The Bertz CT molecular complexity index is 377. The summed E-state index contributed by atoms with van der Waals surface area (Å²) in [7, 11) is -0.112. The SMILES string of the molecule is CO[C@@H]1[C@H]2OC(C)(C)O[C@H]2O[C@@H]1CO[Si](C)(C)C(C)(C)C. The molecule has 2 aliphatic rings. The van der Waals surface area contributed by atoms with Gasteiger partial charge >= 0.3 is 0 Å². The summed E-state index contributed by atoms with van der Waals surface area (Å²) in [5.74, 6) is -0.614. The molecule has 0 aromatic heterocycles. The van der Waals surface area contributed by atoms with Crippen LogP contribution < -0.4 is 0 Å². The molecule has 6 heteroatoms. The molecule has 0 aliphatic carbocycles. The average molecular weight is 318 g/mol. The van der Waals surface area contributed by atoms with E-state index in [4.69, 9.17) is 23.4 Å². The second-order valence-electron chi connectivity index (χ2n) is 7.91. The molecule has 0 unspecified atom stereocenters. The molecular formula is C15H30O5Si. The molecular weight excluding hydrogens is 288 g/mol. The fraction of sp³-hybridized carbons (Fsp3) is 1.00. The van der Waals surface area contributed by atoms with Gasteiger partial charge in [0.2, 0.25) is 0 Å². The van der Waals surface area contributed by atoms with Crippen LogP contribution in [0.1, 0.15) is 34.6 Å². The van der Waals surface area contributed by atoms with Crippen molar-refractivity contribution in [1.82, 2.24) is 0 Å². The van der Waals surface area contributed by atoms with Gasteiger partial charge in [0, 0.05) is 7.11 Å². The van der Waals surface area contributed by atoms with Crippen LogP contribution >= 0.6 is 0 Å². The number of rotatable bonds is 4. The van der Waals surface area contributed by atoms with E-state index < -0.39 is 14.1 Å². The summed E-state index contributed by atoms with van der Waals surface area (Å²) in [5.41, 5.74) is 0. The number of methoxy groups -OCH3 is 1. The highest BCUT2D eigenvalue weighted by Crippen LogP contribution is 2.40. The van der Waals surface area contributed by atoms with E-state index in [1.54, 1.807) is 7.11 Å². The monoisotopic (exact) mass is 318 g/mol. The quantitative estimate of drug-likeness (QED) is 0.746. The first kappa shape index (κ1) is 17.4. The molecule has 2 fully saturated rings. The molecule has 5 nitrogen and oxygen atoms in total. The van der Waals surface area contributed by atoms with Gasteiger partial charge in [-0.15, -0.1) is 0 Å². The lowest BCUT2D eigenvalue weighted by molar-refractivity contribution is -0.219. The van der Waals surface area contributed by atoms with Crippen LogP contribution in [0.5, 0.6) is 0 Å². The Morgan fingerprint density at radius 1 is 1.14 bits per heavy atom. The molecule has 0 bridgehead atoms. The first-order chi connectivity index (χ1) is 9.47. The Labute approximate surface area is 129 Å². The van der Waals surface area contributed by atoms with Crippen molar-refractivity contribution in [3.8, 4) is 0 Å². The van der Waals surface area contributed by atoms with Gasteiger partial charge in [0.1, 0.15) is 18.3 Å². The molecule has 0 amide bonds. The summed E-state index contributed by atoms with van der Waals surface area (Å²) in [6.45, 7) is 15.5. The van der Waals surface area contributed by atoms with Gasteiger partial charge in [0.25, 0.3) is 0 Å². The van der Waals surface area contributed by atoms with Crippen LogP contribution in [-0.2, 0) is 23.4 Å². The van der Waals surface area contributed by atoms with Crippen molar-refractivity contribution in [1.29, 1.82) is 0 Å². The van der Waals surface area contributed by atoms with E-state index in [2.05, 4.69) is 33.9 Å². The molecule has 0 aromatic rings. The van der Waals surface area contributed by atoms with Crippen LogP contribution in [-0.4, -0.2) is 52.4 Å². The molecule has 0 N–H and O–H groups in total. The maximum atomic E-state index is 6.25. The second-order valence-corrected chi connectivity index (χ2v) is 12.7. The Morgan fingerprint density at radius 3 is 2.29 bits per heavy atom. The smallest absolute Gasteiger partial charge is 0.192 e. The summed E-state index contributed by atoms with van der Waals surface area (Å²) < 4.78 is 29.4. The van der Waals surface area contributed by atoms with Crippen molar-refractivity contribution < 1.29 is 23.4 Å². The second kappa shape index (κ2) is 5.58. The molecule has 2 rings (SSSR count). The molecule has 2 saturated heterocycles. The topological polar surface area (TPSA) is 46.2 Å². The van der Waals surface area contributed by atoms with Crippen molar-refractivity contribution in [2.24, 2.45) is 0 Å². The summed E-state index contributed by atoms with van der Waals surface area (Å²) >= 11 is 0. The van der Waals surface area contributed by atoms with E-state index in [1.807, 2.05) is 13.8 Å². The van der Waals surface area contributed by atoms with E-state index in [-0.39, 0.29) is 29.6 Å². The van der Waals surface area contributed by atoms with E-state index >= 15 is 0 Å². The van der Waals surface area contributed by atoms with Gasteiger partial charge in [-0.3, -0.25) is 0 Å². The lowest BCUT2D eigenvalue weighted by Gasteiger charge is -2.37. The summed E-state index contributed by atoms with van der Waals surface area (Å²) in [6.07, 6.45) is -0.840. The molecule has 124 valence electrons. The van der Waals surface area contributed by atoms with Gasteiger partial charge in [0.05, 0.1) is 6.61 Å². The first-order valence-electron chi connectivity index (χ1n) is 7.65. The van der Waals surface area contributed by atoms with Gasteiger partial charge < -0.3 is 23.4 Å². The Hall–Kier alpha value is 0.0169. The third kappa shape index (κ3) is 3.51. The zero-order valence-corrected chi connectivity index (χ0v) is 15.6. The van der Waals surface area contributed by atoms with E-state index in [9.17, 15) is 0 Å². The summed E-state index contributed by atoms with van der Waals surface area (Å²) in [4.78, 5) is 0. The molecule has 21 heavy (non-hydrogen) atoms. The molecule has 2 aliphatic heterocycles.